The van der Waals surface area contributed by atoms with Gasteiger partial charge in [-0.05, 0) is 78.0 Å². The van der Waals surface area contributed by atoms with Crippen molar-refractivity contribution in [3.8, 4) is 0 Å². The minimum atomic E-state index is -0.349. The number of nitrogens with zero attached hydrogens (tertiary/aromatic N) is 5. The Morgan fingerprint density at radius 3 is 1.65 bits per heavy atom. The molecule has 1 aliphatic heterocycles. The second kappa shape index (κ2) is 15.0. The van der Waals surface area contributed by atoms with E-state index >= 15 is 0 Å². The molecule has 0 unspecified atom stereocenters. The summed E-state index contributed by atoms with van der Waals surface area (Å²) in [5.74, 6) is 2.67. The smallest absolute Gasteiger partial charge is 0.269 e. The van der Waals surface area contributed by atoms with Crippen LogP contribution in [-0.2, 0) is 0 Å². The van der Waals surface area contributed by atoms with Crippen LogP contribution in [0.2, 0.25) is 0 Å². The molecule has 1 fully saturated rings. The van der Waals surface area contributed by atoms with Crippen molar-refractivity contribution in [3.05, 3.63) is 134 Å². The van der Waals surface area contributed by atoms with E-state index in [-0.39, 0.29) is 22.4 Å². The number of aryl methyl sites for hydroxylation is 2. The lowest BCUT2D eigenvalue weighted by Crippen LogP contribution is -2.50. The zero-order valence-electron chi connectivity index (χ0n) is 29.7. The van der Waals surface area contributed by atoms with Crippen LogP contribution in [0.15, 0.2) is 94.9 Å². The topological polar surface area (TPSA) is 74.3 Å². The summed E-state index contributed by atoms with van der Waals surface area (Å²) >= 11 is 0. The van der Waals surface area contributed by atoms with Crippen molar-refractivity contribution < 1.29 is 4.92 Å². The van der Waals surface area contributed by atoms with Crippen molar-refractivity contribution >= 4 is 28.7 Å². The van der Waals surface area contributed by atoms with E-state index in [4.69, 9.17) is 9.98 Å². The lowest BCUT2D eigenvalue weighted by atomic mass is 9.87. The number of non-ortho nitro benzene ring substituents is 1. The molecule has 0 spiro atoms. The van der Waals surface area contributed by atoms with E-state index in [1.54, 1.807) is 12.1 Å². The third-order valence-electron chi connectivity index (χ3n) is 9.14. The highest BCUT2D eigenvalue weighted by molar-refractivity contribution is 6.03. The van der Waals surface area contributed by atoms with Crippen LogP contribution < -0.4 is 0 Å². The summed E-state index contributed by atoms with van der Waals surface area (Å²) in [4.78, 5) is 26.8. The van der Waals surface area contributed by atoms with Crippen molar-refractivity contribution in [3.63, 3.8) is 0 Å². The number of benzene rings is 4. The molecule has 0 aromatic heterocycles. The van der Waals surface area contributed by atoms with E-state index < -0.39 is 0 Å². The molecule has 4 aromatic carbocycles. The molecule has 48 heavy (non-hydrogen) atoms. The van der Waals surface area contributed by atoms with Crippen molar-refractivity contribution in [1.29, 1.82) is 0 Å². The van der Waals surface area contributed by atoms with Crippen LogP contribution in [0.1, 0.15) is 105 Å². The first-order chi connectivity index (χ1) is 22.9. The lowest BCUT2D eigenvalue weighted by Gasteiger charge is -2.39. The molecule has 4 aromatic rings. The van der Waals surface area contributed by atoms with Crippen LogP contribution in [0.5, 0.6) is 0 Å². The molecule has 0 amide bonds. The summed E-state index contributed by atoms with van der Waals surface area (Å²) in [5.41, 5.74) is 10.0. The molecule has 0 bridgehead atoms. The monoisotopic (exact) mass is 643 g/mol. The molecule has 1 saturated heterocycles. The molecule has 0 saturated carbocycles. The first-order valence-corrected chi connectivity index (χ1v) is 17.2. The highest BCUT2D eigenvalue weighted by atomic mass is 16.6. The Balaban J connectivity index is 1.68. The number of hydrogen-bond donors (Lipinski definition) is 0. The average molecular weight is 644 g/mol. The number of nitro groups is 1. The standard InChI is InChI=1S/C41H49N5O2/c1-27(2)34-24-36(28(3)4)39(37(25-34)29(5)6)43-41(33-18-20-35(21-19-33)46(47)48)45-23-13-22-44(26-45)40(32-16-10-9-11-17-32)42-38-30(7)14-12-15-31(38)8/h9-12,14-21,24-25,27-29H,13,22-23,26H2,1-8H3. The van der Waals surface area contributed by atoms with E-state index in [2.05, 4.69) is 120 Å². The fourth-order valence-electron chi connectivity index (χ4n) is 6.34. The van der Waals surface area contributed by atoms with Crippen LogP contribution >= 0.6 is 0 Å². The molecule has 7 heteroatoms. The minimum Gasteiger partial charge on any atom is -0.338 e. The van der Waals surface area contributed by atoms with Crippen molar-refractivity contribution in [2.45, 2.75) is 79.6 Å². The first-order valence-electron chi connectivity index (χ1n) is 17.2. The highest BCUT2D eigenvalue weighted by Gasteiger charge is 2.27. The zero-order valence-corrected chi connectivity index (χ0v) is 29.7. The first kappa shape index (κ1) is 34.6. The molecule has 5 rings (SSSR count). The van der Waals surface area contributed by atoms with Crippen LogP contribution in [-0.4, -0.2) is 46.2 Å². The van der Waals surface area contributed by atoms with E-state index in [1.165, 1.54) is 16.7 Å². The van der Waals surface area contributed by atoms with E-state index in [9.17, 15) is 10.1 Å². The summed E-state index contributed by atoms with van der Waals surface area (Å²) in [7, 11) is 0. The Morgan fingerprint density at radius 2 is 1.17 bits per heavy atom. The molecule has 0 atom stereocenters. The van der Waals surface area contributed by atoms with E-state index in [0.717, 1.165) is 64.8 Å². The Labute approximate surface area is 286 Å². The van der Waals surface area contributed by atoms with E-state index in [0.29, 0.717) is 12.6 Å². The Hall–Kier alpha value is -4.78. The van der Waals surface area contributed by atoms with Gasteiger partial charge < -0.3 is 9.80 Å². The second-order valence-electron chi connectivity index (χ2n) is 13.8. The maximum Gasteiger partial charge on any atom is 0.269 e. The molecule has 7 nitrogen and oxygen atoms in total. The number of hydrogen-bond acceptors (Lipinski definition) is 4. The highest BCUT2D eigenvalue weighted by Crippen LogP contribution is 2.39. The minimum absolute atomic E-state index is 0.0671. The maximum absolute atomic E-state index is 11.6. The van der Waals surface area contributed by atoms with E-state index in [1.807, 2.05) is 18.2 Å². The number of para-hydroxylation sites is 1. The van der Waals surface area contributed by atoms with Gasteiger partial charge >= 0.3 is 0 Å². The molecule has 0 aliphatic carbocycles. The quantitative estimate of drug-likeness (QED) is 0.0829. The van der Waals surface area contributed by atoms with Gasteiger partial charge in [0, 0.05) is 36.3 Å². The number of nitro benzene ring substituents is 1. The van der Waals surface area contributed by atoms with Gasteiger partial charge in [-0.15, -0.1) is 0 Å². The molecule has 1 heterocycles. The second-order valence-corrected chi connectivity index (χ2v) is 13.8. The fraction of sp³-hybridized carbons (Fsp3) is 0.366. The van der Waals surface area contributed by atoms with Gasteiger partial charge in [0.2, 0.25) is 0 Å². The normalized spacial score (nSPS) is 14.4. The Morgan fingerprint density at radius 1 is 0.667 bits per heavy atom. The van der Waals surface area contributed by atoms with Gasteiger partial charge in [0.15, 0.2) is 0 Å². The van der Waals surface area contributed by atoms with Gasteiger partial charge in [0.1, 0.15) is 11.7 Å². The molecule has 0 N–H and O–H groups in total. The van der Waals surface area contributed by atoms with Gasteiger partial charge in [-0.1, -0.05) is 102 Å². The lowest BCUT2D eigenvalue weighted by molar-refractivity contribution is -0.384. The van der Waals surface area contributed by atoms with Gasteiger partial charge in [0.25, 0.3) is 5.69 Å². The number of rotatable bonds is 8. The van der Waals surface area contributed by atoms with Crippen LogP contribution in [0.4, 0.5) is 17.1 Å². The third kappa shape index (κ3) is 7.67. The average Bonchev–Trinajstić information content (AvgIpc) is 3.07. The van der Waals surface area contributed by atoms with Gasteiger partial charge in [-0.2, -0.15) is 0 Å². The van der Waals surface area contributed by atoms with Crippen LogP contribution in [0, 0.1) is 24.0 Å². The Kier molecular flexibility index (Phi) is 10.8. The molecule has 250 valence electrons. The molecule has 0 radical (unpaired) electrons. The predicted octanol–water partition coefficient (Wildman–Crippen LogP) is 10.4. The summed E-state index contributed by atoms with van der Waals surface area (Å²) in [6.45, 7) is 19.8. The molecular formula is C41H49N5O2. The van der Waals surface area contributed by atoms with Gasteiger partial charge in [-0.25, -0.2) is 9.98 Å². The van der Waals surface area contributed by atoms with Crippen molar-refractivity contribution in [2.75, 3.05) is 19.8 Å². The summed E-state index contributed by atoms with van der Waals surface area (Å²) < 4.78 is 0. The number of aliphatic imine (C=N–C) groups is 2. The number of amidine groups is 2. The maximum atomic E-state index is 11.6. The summed E-state index contributed by atoms with van der Waals surface area (Å²) in [6, 6.07) is 28.2. The van der Waals surface area contributed by atoms with Gasteiger partial charge in [0.05, 0.1) is 23.0 Å². The van der Waals surface area contributed by atoms with Crippen molar-refractivity contribution in [2.24, 2.45) is 9.98 Å². The van der Waals surface area contributed by atoms with Crippen molar-refractivity contribution in [1.82, 2.24) is 9.80 Å². The Bertz CT molecular complexity index is 1760. The summed E-state index contributed by atoms with van der Waals surface area (Å²) in [5, 5.41) is 11.6. The largest absolute Gasteiger partial charge is 0.338 e. The van der Waals surface area contributed by atoms with Crippen LogP contribution in [0.25, 0.3) is 0 Å². The fourth-order valence-corrected chi connectivity index (χ4v) is 6.34. The molecule has 1 aliphatic rings. The molecular weight excluding hydrogens is 594 g/mol. The SMILES string of the molecule is Cc1cccc(C)c1N=C(c1ccccc1)N1CCCN(C(=Nc2c(C(C)C)cc(C(C)C)cc2C(C)C)c2ccc([N+](=O)[O-])cc2)C1. The zero-order chi connectivity index (χ0) is 34.5. The third-order valence-corrected chi connectivity index (χ3v) is 9.14. The predicted molar refractivity (Wildman–Crippen MR) is 199 cm³/mol. The summed E-state index contributed by atoms with van der Waals surface area (Å²) in [6.07, 6.45) is 0.908. The van der Waals surface area contributed by atoms with Crippen LogP contribution in [0.3, 0.4) is 0 Å². The van der Waals surface area contributed by atoms with Gasteiger partial charge in [-0.3, -0.25) is 10.1 Å².